The fourth-order valence-corrected chi connectivity index (χ4v) is 13.8. The Balaban J connectivity index is 1.50. The lowest BCUT2D eigenvalue weighted by atomic mass is 9.49. The summed E-state index contributed by atoms with van der Waals surface area (Å²) in [6.45, 7) is 15.6. The first-order valence-electron chi connectivity index (χ1n) is 18.3. The minimum absolute atomic E-state index is 0.0573. The highest BCUT2D eigenvalue weighted by Gasteiger charge is 2.55. The van der Waals surface area contributed by atoms with Gasteiger partial charge in [0, 0.05) is 6.54 Å². The van der Waals surface area contributed by atoms with Crippen LogP contribution in [0.4, 0.5) is 11.4 Å². The van der Waals surface area contributed by atoms with E-state index in [0.717, 1.165) is 32.1 Å². The highest BCUT2D eigenvalue weighted by Crippen LogP contribution is 2.70. The molecule has 2 aromatic carbocycles. The van der Waals surface area contributed by atoms with Crippen LogP contribution in [-0.4, -0.2) is 49.4 Å². The molecule has 0 bridgehead atoms. The van der Waals surface area contributed by atoms with Crippen LogP contribution in [0.15, 0.2) is 30.3 Å². The predicted octanol–water partition coefficient (Wildman–Crippen LogP) is 10.9. The monoisotopic (exact) mass is 817 g/mol. The van der Waals surface area contributed by atoms with E-state index in [9.17, 15) is 13.9 Å². The van der Waals surface area contributed by atoms with Crippen molar-refractivity contribution in [2.75, 3.05) is 43.6 Å². The van der Waals surface area contributed by atoms with Gasteiger partial charge in [-0.3, -0.25) is 13.9 Å². The lowest BCUT2D eigenvalue weighted by Gasteiger charge is -2.54. The standard InChI is InChI=1S/C37H55Cl2N3O7P2S/c1-9-46-50(44,47-10-2)33(51(45,48-11-3)49-12-4)23-40-30-21-29(39)31(22-28(30)38)41-35(52)42-34(43)37(8)19-13-18-36(7)27-16-14-25(24(5)6)20-26(27)15-17-32(36)37/h14,16,20-22,24,32-33,40H,9-13,15,17-19,23H2,1-8H3,(H2,41,42,43,52)/t32-,36-,37-/m1/s1. The molecule has 2 aliphatic rings. The Kier molecular flexibility index (Phi) is 14.9. The maximum Gasteiger partial charge on any atom is 0.347 e. The van der Waals surface area contributed by atoms with Crippen LogP contribution >= 0.6 is 50.6 Å². The van der Waals surface area contributed by atoms with Gasteiger partial charge in [-0.2, -0.15) is 0 Å². The molecule has 4 rings (SSSR count). The molecule has 0 radical (unpaired) electrons. The Hall–Kier alpha value is -1.52. The van der Waals surface area contributed by atoms with Crippen LogP contribution in [-0.2, 0) is 43.9 Å². The van der Waals surface area contributed by atoms with Crippen LogP contribution in [0, 0.1) is 11.3 Å². The van der Waals surface area contributed by atoms with Gasteiger partial charge in [-0.1, -0.05) is 75.5 Å². The summed E-state index contributed by atoms with van der Waals surface area (Å²) in [6.07, 6.45) is 4.63. The number of aryl methyl sites for hydroxylation is 1. The van der Waals surface area contributed by atoms with Crippen LogP contribution in [0.1, 0.15) is 104 Å². The smallest absolute Gasteiger partial charge is 0.347 e. The number of rotatable bonds is 16. The molecule has 15 heteroatoms. The van der Waals surface area contributed by atoms with Crippen molar-refractivity contribution in [1.29, 1.82) is 0 Å². The molecule has 0 aromatic heterocycles. The second-order valence-electron chi connectivity index (χ2n) is 14.2. The van der Waals surface area contributed by atoms with E-state index in [2.05, 4.69) is 61.8 Å². The van der Waals surface area contributed by atoms with Crippen LogP contribution in [0.25, 0.3) is 0 Å². The van der Waals surface area contributed by atoms with Crippen LogP contribution in [0.5, 0.6) is 0 Å². The molecule has 2 aliphatic carbocycles. The number of nitrogens with one attached hydrogen (secondary N) is 3. The van der Waals surface area contributed by atoms with Crippen molar-refractivity contribution in [3.05, 3.63) is 57.1 Å². The Morgan fingerprint density at radius 2 is 1.46 bits per heavy atom. The van der Waals surface area contributed by atoms with E-state index < -0.39 is 26.0 Å². The minimum atomic E-state index is -3.99. The van der Waals surface area contributed by atoms with E-state index in [0.29, 0.717) is 17.3 Å². The van der Waals surface area contributed by atoms with Crippen LogP contribution in [0.2, 0.25) is 10.0 Å². The van der Waals surface area contributed by atoms with Crippen molar-refractivity contribution in [1.82, 2.24) is 5.32 Å². The number of halogens is 2. The largest absolute Gasteiger partial charge is 0.382 e. The number of amides is 1. The maximum atomic E-state index is 14.1. The SMILES string of the molecule is CCOP(=O)(OCC)C(CNc1cc(Cl)c(NC(=S)NC(=O)[C@]2(C)CCC[C@]3(C)c4ccc(C(C)C)cc4CC[C@@H]23)cc1Cl)P(=O)(OCC)OCC. The van der Waals surface area contributed by atoms with Gasteiger partial charge in [-0.05, 0) is 112 Å². The van der Waals surface area contributed by atoms with Crippen molar-refractivity contribution in [2.45, 2.75) is 104 Å². The predicted molar refractivity (Wildman–Crippen MR) is 216 cm³/mol. The Bertz CT molecular complexity index is 1670. The number of benzene rings is 2. The first kappa shape index (κ1) is 43.2. The van der Waals surface area contributed by atoms with Gasteiger partial charge in [0.1, 0.15) is 0 Å². The molecule has 1 amide bonds. The fourth-order valence-electron chi connectivity index (χ4n) is 8.06. The van der Waals surface area contributed by atoms with Gasteiger partial charge < -0.3 is 34.0 Å². The molecule has 0 unspecified atom stereocenters. The summed E-state index contributed by atoms with van der Waals surface area (Å²) in [5, 5.41) is 8.40. The number of anilines is 2. The topological polar surface area (TPSA) is 124 Å². The van der Waals surface area contributed by atoms with Gasteiger partial charge in [-0.25, -0.2) is 0 Å². The third-order valence-corrected chi connectivity index (χ3v) is 17.4. The first-order chi connectivity index (χ1) is 24.5. The molecule has 0 saturated heterocycles. The van der Waals surface area contributed by atoms with Crippen molar-refractivity contribution in [2.24, 2.45) is 11.3 Å². The summed E-state index contributed by atoms with van der Waals surface area (Å²) in [5.74, 6) is 0.506. The second-order valence-corrected chi connectivity index (χ2v) is 20.3. The molecule has 290 valence electrons. The Morgan fingerprint density at radius 3 is 2.02 bits per heavy atom. The number of carbonyl (C=O) groups excluding carboxylic acids is 1. The number of thiocarbonyl (C=S) groups is 1. The van der Waals surface area contributed by atoms with Crippen molar-refractivity contribution >= 4 is 73.0 Å². The fraction of sp³-hybridized carbons (Fsp3) is 0.622. The average molecular weight is 819 g/mol. The van der Waals surface area contributed by atoms with E-state index in [1.54, 1.807) is 39.8 Å². The molecule has 1 fully saturated rings. The van der Waals surface area contributed by atoms with Gasteiger partial charge in [-0.15, -0.1) is 0 Å². The normalized spacial score (nSPS) is 21.8. The molecule has 3 N–H and O–H groups in total. The summed E-state index contributed by atoms with van der Waals surface area (Å²) < 4.78 is 50.1. The zero-order valence-corrected chi connectivity index (χ0v) is 35.7. The van der Waals surface area contributed by atoms with Crippen LogP contribution in [0.3, 0.4) is 0 Å². The molecule has 10 nitrogen and oxygen atoms in total. The number of hydrogen-bond donors (Lipinski definition) is 3. The molecule has 1 saturated carbocycles. The Morgan fingerprint density at radius 1 is 0.904 bits per heavy atom. The van der Waals surface area contributed by atoms with E-state index in [-0.39, 0.29) is 65.4 Å². The van der Waals surface area contributed by atoms with Crippen LogP contribution < -0.4 is 16.0 Å². The molecule has 52 heavy (non-hydrogen) atoms. The van der Waals surface area contributed by atoms with Crippen molar-refractivity contribution in [3.8, 4) is 0 Å². The lowest BCUT2D eigenvalue weighted by molar-refractivity contribution is -0.137. The quantitative estimate of drug-likeness (QED) is 0.111. The highest BCUT2D eigenvalue weighted by molar-refractivity contribution is 7.80. The van der Waals surface area contributed by atoms with Crippen molar-refractivity contribution in [3.63, 3.8) is 0 Å². The average Bonchev–Trinajstić information content (AvgIpc) is 3.06. The third-order valence-electron chi connectivity index (χ3n) is 10.5. The Labute approximate surface area is 325 Å². The number of carbonyl (C=O) groups is 1. The summed E-state index contributed by atoms with van der Waals surface area (Å²) in [5.41, 5.74) is 4.14. The van der Waals surface area contributed by atoms with E-state index in [1.165, 1.54) is 16.7 Å². The van der Waals surface area contributed by atoms with E-state index in [4.69, 9.17) is 53.5 Å². The van der Waals surface area contributed by atoms with Gasteiger partial charge in [0.15, 0.2) is 10.5 Å². The zero-order valence-electron chi connectivity index (χ0n) is 31.6. The summed E-state index contributed by atoms with van der Waals surface area (Å²) in [7, 11) is -7.98. The second kappa shape index (κ2) is 18.0. The maximum absolute atomic E-state index is 14.1. The highest BCUT2D eigenvalue weighted by atomic mass is 35.5. The molecule has 0 spiro atoms. The van der Waals surface area contributed by atoms with E-state index >= 15 is 0 Å². The molecule has 0 heterocycles. The molecular formula is C37H55Cl2N3O7P2S. The summed E-state index contributed by atoms with van der Waals surface area (Å²) >= 11 is 19.0. The lowest BCUT2D eigenvalue weighted by Crippen LogP contribution is -2.56. The third kappa shape index (κ3) is 9.12. The molecule has 3 atom stereocenters. The zero-order chi connectivity index (χ0) is 38.5. The van der Waals surface area contributed by atoms with Crippen molar-refractivity contribution < 1.29 is 32.0 Å². The first-order valence-corrected chi connectivity index (χ1v) is 22.7. The summed E-state index contributed by atoms with van der Waals surface area (Å²) in [6, 6.07) is 10.0. The van der Waals surface area contributed by atoms with Gasteiger partial charge in [0.2, 0.25) is 5.91 Å². The van der Waals surface area contributed by atoms with E-state index in [1.807, 2.05) is 0 Å². The molecular weight excluding hydrogens is 763 g/mol. The number of hydrogen-bond acceptors (Lipinski definition) is 9. The van der Waals surface area contributed by atoms with Gasteiger partial charge >= 0.3 is 15.2 Å². The molecule has 2 aromatic rings. The summed E-state index contributed by atoms with van der Waals surface area (Å²) in [4.78, 5) is 14.1. The number of fused-ring (bicyclic) bond motifs is 3. The minimum Gasteiger partial charge on any atom is -0.382 e. The molecule has 0 aliphatic heterocycles. The van der Waals surface area contributed by atoms with Gasteiger partial charge in [0.25, 0.3) is 0 Å². The van der Waals surface area contributed by atoms with Gasteiger partial charge in [0.05, 0.1) is 53.3 Å².